The van der Waals surface area contributed by atoms with E-state index in [0.717, 1.165) is 20.4 Å². The zero-order chi connectivity index (χ0) is 14.7. The van der Waals surface area contributed by atoms with Crippen molar-refractivity contribution in [2.75, 3.05) is 12.4 Å². The SMILES string of the molecule is COc1cc(NC(C)c2ccccc2F)c(Br)cc1Br. The van der Waals surface area contributed by atoms with Gasteiger partial charge in [-0.3, -0.25) is 0 Å². The Bertz CT molecular complexity index is 619. The van der Waals surface area contributed by atoms with E-state index in [1.54, 1.807) is 19.2 Å². The van der Waals surface area contributed by atoms with Gasteiger partial charge in [0.25, 0.3) is 0 Å². The molecule has 2 aromatic carbocycles. The fourth-order valence-electron chi connectivity index (χ4n) is 1.93. The summed E-state index contributed by atoms with van der Waals surface area (Å²) in [6.45, 7) is 1.92. The smallest absolute Gasteiger partial charge is 0.135 e. The van der Waals surface area contributed by atoms with E-state index in [2.05, 4.69) is 37.2 Å². The number of benzene rings is 2. The zero-order valence-electron chi connectivity index (χ0n) is 11.1. The first-order valence-corrected chi connectivity index (χ1v) is 7.65. The van der Waals surface area contributed by atoms with Crippen LogP contribution in [-0.2, 0) is 0 Å². The van der Waals surface area contributed by atoms with Crippen LogP contribution in [-0.4, -0.2) is 7.11 Å². The normalized spacial score (nSPS) is 12.1. The maximum absolute atomic E-state index is 13.8. The molecular weight excluding hydrogens is 389 g/mol. The van der Waals surface area contributed by atoms with Gasteiger partial charge in [-0.1, -0.05) is 18.2 Å². The highest BCUT2D eigenvalue weighted by atomic mass is 79.9. The van der Waals surface area contributed by atoms with Crippen LogP contribution < -0.4 is 10.1 Å². The van der Waals surface area contributed by atoms with Gasteiger partial charge < -0.3 is 10.1 Å². The fraction of sp³-hybridized carbons (Fsp3) is 0.200. The van der Waals surface area contributed by atoms with Crippen molar-refractivity contribution in [3.63, 3.8) is 0 Å². The summed E-state index contributed by atoms with van der Waals surface area (Å²) < 4.78 is 20.8. The van der Waals surface area contributed by atoms with Gasteiger partial charge >= 0.3 is 0 Å². The molecule has 2 aromatic rings. The van der Waals surface area contributed by atoms with Crippen LogP contribution in [0.4, 0.5) is 10.1 Å². The molecule has 0 aliphatic carbocycles. The molecule has 1 N–H and O–H groups in total. The summed E-state index contributed by atoms with van der Waals surface area (Å²) in [6.07, 6.45) is 0. The molecule has 106 valence electrons. The Balaban J connectivity index is 2.28. The van der Waals surface area contributed by atoms with E-state index in [0.29, 0.717) is 5.56 Å². The van der Waals surface area contributed by atoms with E-state index in [1.165, 1.54) is 6.07 Å². The van der Waals surface area contributed by atoms with Gasteiger partial charge in [-0.05, 0) is 50.9 Å². The van der Waals surface area contributed by atoms with Crippen LogP contribution in [0.3, 0.4) is 0 Å². The topological polar surface area (TPSA) is 21.3 Å². The first-order valence-electron chi connectivity index (χ1n) is 6.07. The summed E-state index contributed by atoms with van der Waals surface area (Å²) in [5.41, 5.74) is 1.47. The Labute approximate surface area is 134 Å². The number of anilines is 1. The molecule has 1 unspecified atom stereocenters. The molecule has 2 nitrogen and oxygen atoms in total. The van der Waals surface area contributed by atoms with Crippen LogP contribution in [0.5, 0.6) is 5.75 Å². The molecule has 0 heterocycles. The molecule has 0 aromatic heterocycles. The van der Waals surface area contributed by atoms with Gasteiger partial charge in [0.1, 0.15) is 11.6 Å². The number of rotatable bonds is 4. The molecule has 0 fully saturated rings. The maximum Gasteiger partial charge on any atom is 0.135 e. The van der Waals surface area contributed by atoms with Crippen molar-refractivity contribution in [2.45, 2.75) is 13.0 Å². The molecule has 1 atom stereocenters. The van der Waals surface area contributed by atoms with Crippen molar-refractivity contribution in [3.05, 3.63) is 56.7 Å². The van der Waals surface area contributed by atoms with E-state index >= 15 is 0 Å². The number of nitrogens with one attached hydrogen (secondary N) is 1. The molecule has 0 amide bonds. The molecule has 0 spiro atoms. The van der Waals surface area contributed by atoms with Crippen molar-refractivity contribution >= 4 is 37.5 Å². The first-order chi connectivity index (χ1) is 9.52. The van der Waals surface area contributed by atoms with Crippen LogP contribution in [0.25, 0.3) is 0 Å². The van der Waals surface area contributed by atoms with Gasteiger partial charge in [0.2, 0.25) is 0 Å². The summed E-state index contributed by atoms with van der Waals surface area (Å²) in [5, 5.41) is 3.28. The molecule has 20 heavy (non-hydrogen) atoms. The predicted molar refractivity (Wildman–Crippen MR) is 86.8 cm³/mol. The van der Waals surface area contributed by atoms with Crippen molar-refractivity contribution in [3.8, 4) is 5.75 Å². The van der Waals surface area contributed by atoms with Crippen molar-refractivity contribution in [2.24, 2.45) is 0 Å². The van der Waals surface area contributed by atoms with E-state index in [-0.39, 0.29) is 11.9 Å². The molecule has 0 bridgehead atoms. The van der Waals surface area contributed by atoms with Crippen LogP contribution in [0, 0.1) is 5.82 Å². The lowest BCUT2D eigenvalue weighted by Crippen LogP contribution is -2.09. The van der Waals surface area contributed by atoms with Gasteiger partial charge in [0, 0.05) is 16.1 Å². The second kappa shape index (κ2) is 6.59. The third kappa shape index (κ3) is 3.33. The quantitative estimate of drug-likeness (QED) is 0.725. The fourth-order valence-corrected chi connectivity index (χ4v) is 3.20. The molecule has 0 saturated heterocycles. The van der Waals surface area contributed by atoms with Gasteiger partial charge in [0.15, 0.2) is 0 Å². The summed E-state index contributed by atoms with van der Waals surface area (Å²) in [6, 6.07) is 10.4. The van der Waals surface area contributed by atoms with Gasteiger partial charge in [-0.2, -0.15) is 0 Å². The molecular formula is C15H14Br2FNO. The summed E-state index contributed by atoms with van der Waals surface area (Å²) in [4.78, 5) is 0. The standard InChI is InChI=1S/C15H14Br2FNO/c1-9(10-5-3-4-6-13(10)18)19-14-8-15(20-2)12(17)7-11(14)16/h3-9,19H,1-2H3. The van der Waals surface area contributed by atoms with Gasteiger partial charge in [-0.25, -0.2) is 4.39 Å². The Morgan fingerprint density at radius 1 is 1.15 bits per heavy atom. The van der Waals surface area contributed by atoms with E-state index in [4.69, 9.17) is 4.74 Å². The van der Waals surface area contributed by atoms with Crippen LogP contribution >= 0.6 is 31.9 Å². The van der Waals surface area contributed by atoms with E-state index in [1.807, 2.05) is 25.1 Å². The molecule has 0 aliphatic rings. The highest BCUT2D eigenvalue weighted by Gasteiger charge is 2.13. The van der Waals surface area contributed by atoms with Crippen molar-refractivity contribution in [1.82, 2.24) is 0 Å². The molecule has 0 saturated carbocycles. The molecule has 2 rings (SSSR count). The van der Waals surface area contributed by atoms with Crippen molar-refractivity contribution in [1.29, 1.82) is 0 Å². The highest BCUT2D eigenvalue weighted by molar-refractivity contribution is 9.11. The lowest BCUT2D eigenvalue weighted by Gasteiger charge is -2.18. The predicted octanol–water partition coefficient (Wildman–Crippen LogP) is 5.53. The average molecular weight is 403 g/mol. The summed E-state index contributed by atoms with van der Waals surface area (Å²) >= 11 is 6.91. The second-order valence-electron chi connectivity index (χ2n) is 4.35. The monoisotopic (exact) mass is 401 g/mol. The van der Waals surface area contributed by atoms with Crippen molar-refractivity contribution < 1.29 is 9.13 Å². The molecule has 0 aliphatic heterocycles. The Hall–Kier alpha value is -1.07. The third-order valence-corrected chi connectivity index (χ3v) is 4.26. The Morgan fingerprint density at radius 2 is 1.85 bits per heavy atom. The minimum atomic E-state index is -0.215. The zero-order valence-corrected chi connectivity index (χ0v) is 14.3. The maximum atomic E-state index is 13.8. The third-order valence-electron chi connectivity index (χ3n) is 2.99. The number of hydrogen-bond acceptors (Lipinski definition) is 2. The summed E-state index contributed by atoms with van der Waals surface area (Å²) in [7, 11) is 1.61. The Morgan fingerprint density at radius 3 is 2.50 bits per heavy atom. The van der Waals surface area contributed by atoms with Crippen LogP contribution in [0.15, 0.2) is 45.3 Å². The lowest BCUT2D eigenvalue weighted by atomic mass is 10.1. The first kappa shape index (κ1) is 15.3. The van der Waals surface area contributed by atoms with Crippen LogP contribution in [0.2, 0.25) is 0 Å². The molecule has 0 radical (unpaired) electrons. The summed E-state index contributed by atoms with van der Waals surface area (Å²) in [5.74, 6) is 0.504. The number of hydrogen-bond donors (Lipinski definition) is 1. The highest BCUT2D eigenvalue weighted by Crippen LogP contribution is 2.36. The number of ether oxygens (including phenoxy) is 1. The van der Waals surface area contributed by atoms with Gasteiger partial charge in [-0.15, -0.1) is 0 Å². The van der Waals surface area contributed by atoms with E-state index < -0.39 is 0 Å². The van der Waals surface area contributed by atoms with Gasteiger partial charge in [0.05, 0.1) is 23.3 Å². The minimum absolute atomic E-state index is 0.154. The van der Waals surface area contributed by atoms with E-state index in [9.17, 15) is 4.39 Å². The second-order valence-corrected chi connectivity index (χ2v) is 6.06. The minimum Gasteiger partial charge on any atom is -0.495 e. The average Bonchev–Trinajstić information content (AvgIpc) is 2.42. The lowest BCUT2D eigenvalue weighted by molar-refractivity contribution is 0.412. The largest absolute Gasteiger partial charge is 0.495 e. The molecule has 5 heteroatoms. The van der Waals surface area contributed by atoms with Crippen LogP contribution in [0.1, 0.15) is 18.5 Å². The Kier molecular flexibility index (Phi) is 5.05. The number of methoxy groups -OCH3 is 1. The number of halogens is 3.